The normalized spacial score (nSPS) is 19.1. The van der Waals surface area contributed by atoms with E-state index in [9.17, 15) is 0 Å². The molecule has 1 aromatic heterocycles. The van der Waals surface area contributed by atoms with Crippen LogP contribution in [0.25, 0.3) is 0 Å². The second-order valence-corrected chi connectivity index (χ2v) is 5.95. The Morgan fingerprint density at radius 1 is 1.25 bits per heavy atom. The summed E-state index contributed by atoms with van der Waals surface area (Å²) in [6.07, 6.45) is -0.0411. The molecule has 102 valence electrons. The minimum absolute atomic E-state index is 0. The number of rotatable bonds is 1. The van der Waals surface area contributed by atoms with Crippen LogP contribution in [0, 0.1) is 6.92 Å². The van der Waals surface area contributed by atoms with Crippen LogP contribution in [0.4, 0.5) is 5.13 Å². The number of thioether (sulfide) groups is 1. The van der Waals surface area contributed by atoms with Gasteiger partial charge in [0, 0.05) is 10.6 Å². The van der Waals surface area contributed by atoms with Crippen LogP contribution in [0.15, 0.2) is 39.9 Å². The van der Waals surface area contributed by atoms with Gasteiger partial charge in [-0.1, -0.05) is 39.6 Å². The van der Waals surface area contributed by atoms with Crippen molar-refractivity contribution in [3.63, 3.8) is 0 Å². The van der Waals surface area contributed by atoms with Gasteiger partial charge in [0.15, 0.2) is 0 Å². The molecule has 1 unspecified atom stereocenters. The molecule has 5 nitrogen and oxygen atoms in total. The summed E-state index contributed by atoms with van der Waals surface area (Å²) in [5.41, 5.74) is 6.04. The summed E-state index contributed by atoms with van der Waals surface area (Å²) in [6.45, 7) is 2.09. The summed E-state index contributed by atoms with van der Waals surface area (Å²) < 4.78 is 1.92. The molecule has 20 heavy (non-hydrogen) atoms. The molecular weight excluding hydrogens is 358 g/mol. The Morgan fingerprint density at radius 2 is 2.05 bits per heavy atom. The minimum Gasteiger partial charge on any atom is -1.00 e. The second kappa shape index (κ2) is 5.27. The predicted molar refractivity (Wildman–Crippen MR) is 76.6 cm³/mol. The Kier molecular flexibility index (Phi) is 3.61. The van der Waals surface area contributed by atoms with Gasteiger partial charge in [0.05, 0.1) is 5.55 Å². The third-order valence-corrected chi connectivity index (χ3v) is 4.46. The molecule has 0 fully saturated rings. The van der Waals surface area contributed by atoms with Gasteiger partial charge in [0.1, 0.15) is 5.51 Å². The van der Waals surface area contributed by atoms with Crippen LogP contribution < -0.4 is 21.7 Å². The number of hydrazone groups is 1. The van der Waals surface area contributed by atoms with Gasteiger partial charge in [-0.25, -0.2) is 0 Å². The number of hydrogen-bond donors (Lipinski definition) is 0. The highest BCUT2D eigenvalue weighted by Crippen LogP contribution is 2.33. The Hall–Kier alpha value is -1.25. The lowest BCUT2D eigenvalue weighted by molar-refractivity contribution is -0.769. The van der Waals surface area contributed by atoms with Crippen molar-refractivity contribution in [1.29, 1.82) is 0 Å². The standard InChI is InChI=1S/C12H10N5S2.BrH/c1-8-2-4-9(5-3-8)10-16-11(18-6-13-16)15-12-17(10)14-7-19-12;/h2-7,10H,1H3;1H/q+1;/p-1. The smallest absolute Gasteiger partial charge is 0.409 e. The molecule has 0 spiro atoms. The van der Waals surface area contributed by atoms with E-state index in [2.05, 4.69) is 46.4 Å². The maximum absolute atomic E-state index is 4.56. The molecule has 8 heteroatoms. The number of fused-ring (bicyclic) bond motifs is 2. The van der Waals surface area contributed by atoms with Crippen molar-refractivity contribution in [1.82, 2.24) is 10.1 Å². The highest BCUT2D eigenvalue weighted by atomic mass is 79.9. The molecule has 0 saturated heterocycles. The van der Waals surface area contributed by atoms with Crippen LogP contribution in [0.2, 0.25) is 0 Å². The lowest BCUT2D eigenvalue weighted by atomic mass is 10.1. The zero-order chi connectivity index (χ0) is 12.8. The average molecular weight is 368 g/mol. The van der Waals surface area contributed by atoms with Gasteiger partial charge in [0.25, 0.3) is 0 Å². The van der Waals surface area contributed by atoms with Crippen LogP contribution >= 0.6 is 23.1 Å². The summed E-state index contributed by atoms with van der Waals surface area (Å²) in [7, 11) is 0. The number of aryl methyl sites for hydroxylation is 1. The molecule has 2 aliphatic rings. The van der Waals surface area contributed by atoms with Crippen molar-refractivity contribution in [2.45, 2.75) is 13.1 Å². The topological polar surface area (TPSA) is 44.7 Å². The van der Waals surface area contributed by atoms with E-state index in [1.165, 1.54) is 5.56 Å². The van der Waals surface area contributed by atoms with Gasteiger partial charge in [-0.3, -0.25) is 0 Å². The second-order valence-electron chi connectivity index (χ2n) is 4.33. The van der Waals surface area contributed by atoms with Crippen LogP contribution in [-0.2, 0) is 0 Å². The first kappa shape index (κ1) is 13.7. The molecule has 1 aromatic carbocycles. The van der Waals surface area contributed by atoms with E-state index in [1.807, 2.05) is 20.7 Å². The van der Waals surface area contributed by atoms with Crippen LogP contribution in [-0.4, -0.2) is 20.8 Å². The molecule has 0 amide bonds. The summed E-state index contributed by atoms with van der Waals surface area (Å²) in [4.78, 5) is 4.56. The molecule has 1 atom stereocenters. The van der Waals surface area contributed by atoms with Crippen molar-refractivity contribution < 1.29 is 21.7 Å². The summed E-state index contributed by atoms with van der Waals surface area (Å²) in [5.74, 6) is 0. The molecule has 0 saturated carbocycles. The van der Waals surface area contributed by atoms with Gasteiger partial charge in [-0.15, -0.1) is 0 Å². The first-order chi connectivity index (χ1) is 9.33. The van der Waals surface area contributed by atoms with Crippen molar-refractivity contribution >= 4 is 38.9 Å². The number of nitrogens with zero attached hydrogens (tertiary/aromatic N) is 5. The van der Waals surface area contributed by atoms with Crippen LogP contribution in [0.1, 0.15) is 17.3 Å². The number of aromatic nitrogens is 2. The zero-order valence-electron chi connectivity index (χ0n) is 10.5. The third kappa shape index (κ3) is 2.07. The monoisotopic (exact) mass is 367 g/mol. The molecule has 0 radical (unpaired) electrons. The zero-order valence-corrected chi connectivity index (χ0v) is 13.7. The quantitative estimate of drug-likeness (QED) is 0.625. The molecule has 4 rings (SSSR count). The molecule has 0 aliphatic carbocycles. The van der Waals surface area contributed by atoms with E-state index < -0.39 is 0 Å². The van der Waals surface area contributed by atoms with Gasteiger partial charge in [-0.05, 0) is 30.0 Å². The van der Waals surface area contributed by atoms with Gasteiger partial charge in [0.2, 0.25) is 6.17 Å². The molecular formula is C12H10BrN5S2. The van der Waals surface area contributed by atoms with E-state index in [1.54, 1.807) is 23.1 Å². The highest BCUT2D eigenvalue weighted by Gasteiger charge is 2.42. The Morgan fingerprint density at radius 3 is 2.85 bits per heavy atom. The summed E-state index contributed by atoms with van der Waals surface area (Å²) >= 11 is 3.09. The van der Waals surface area contributed by atoms with Gasteiger partial charge >= 0.3 is 10.3 Å². The lowest BCUT2D eigenvalue weighted by Gasteiger charge is -2.22. The molecule has 3 heterocycles. The lowest BCUT2D eigenvalue weighted by Crippen LogP contribution is -3.00. The summed E-state index contributed by atoms with van der Waals surface area (Å²) in [6, 6.07) is 8.47. The number of hydrogen-bond acceptors (Lipinski definition) is 6. The minimum atomic E-state index is -0.0411. The molecule has 2 aromatic rings. The highest BCUT2D eigenvalue weighted by molar-refractivity contribution is 8.25. The van der Waals surface area contributed by atoms with E-state index >= 15 is 0 Å². The molecule has 0 N–H and O–H groups in total. The van der Waals surface area contributed by atoms with Gasteiger partial charge < -0.3 is 17.0 Å². The number of benzene rings is 1. The average Bonchev–Trinajstić information content (AvgIpc) is 3.05. The first-order valence-corrected chi connectivity index (χ1v) is 7.58. The number of amidine groups is 1. The molecule has 2 aliphatic heterocycles. The fourth-order valence-corrected chi connectivity index (χ4v) is 3.48. The number of halogens is 1. The predicted octanol–water partition coefficient (Wildman–Crippen LogP) is -0.717. The Labute approximate surface area is 134 Å². The largest absolute Gasteiger partial charge is 1.00 e. The Bertz CT molecular complexity index is 694. The van der Waals surface area contributed by atoms with E-state index in [0.29, 0.717) is 0 Å². The van der Waals surface area contributed by atoms with Crippen molar-refractivity contribution in [3.05, 3.63) is 40.9 Å². The molecule has 0 bridgehead atoms. The van der Waals surface area contributed by atoms with E-state index in [-0.39, 0.29) is 23.1 Å². The first-order valence-electron chi connectivity index (χ1n) is 5.82. The van der Waals surface area contributed by atoms with Gasteiger partial charge in [-0.2, -0.15) is 10.1 Å². The third-order valence-electron chi connectivity index (χ3n) is 3.08. The Balaban J connectivity index is 0.00000121. The van der Waals surface area contributed by atoms with Crippen molar-refractivity contribution in [2.75, 3.05) is 0 Å². The maximum atomic E-state index is 4.56. The number of aliphatic imine (C=N–C) groups is 1. The SMILES string of the molecule is Cc1ccc(C2N3N=CSC3=Nc3scn[n+]32)cc1.[Br-]. The maximum Gasteiger partial charge on any atom is 0.409 e. The van der Waals surface area contributed by atoms with Crippen LogP contribution in [0.5, 0.6) is 0 Å². The fraction of sp³-hybridized carbons (Fsp3) is 0.167. The fourth-order valence-electron chi connectivity index (χ4n) is 2.15. The van der Waals surface area contributed by atoms with E-state index in [0.717, 1.165) is 15.9 Å². The van der Waals surface area contributed by atoms with Crippen molar-refractivity contribution in [2.24, 2.45) is 10.1 Å². The van der Waals surface area contributed by atoms with Crippen LogP contribution in [0.3, 0.4) is 0 Å². The van der Waals surface area contributed by atoms with E-state index in [4.69, 9.17) is 0 Å². The van der Waals surface area contributed by atoms with Crippen molar-refractivity contribution in [3.8, 4) is 0 Å². The summed E-state index contributed by atoms with van der Waals surface area (Å²) in [5, 5.41) is 12.5.